The predicted molar refractivity (Wildman–Crippen MR) is 123 cm³/mol. The fraction of sp³-hybridized carbons (Fsp3) is 0.409. The smallest absolute Gasteiger partial charge is 0.277 e. The molecule has 1 aromatic carbocycles. The third-order valence-corrected chi connectivity index (χ3v) is 6.21. The van der Waals surface area contributed by atoms with Gasteiger partial charge in [-0.1, -0.05) is 25.8 Å². The van der Waals surface area contributed by atoms with Gasteiger partial charge in [-0.3, -0.25) is 19.4 Å². The molecule has 0 atom stereocenters. The number of benzene rings is 1. The predicted octanol–water partition coefficient (Wildman–Crippen LogP) is 4.59. The number of rotatable bonds is 6. The maximum absolute atomic E-state index is 12.5. The number of nitrogens with one attached hydrogen (secondary N) is 3. The average Bonchev–Trinajstić information content (AvgIpc) is 3.65. The largest absolute Gasteiger partial charge is 0.354 e. The zero-order valence-electron chi connectivity index (χ0n) is 17.5. The van der Waals surface area contributed by atoms with Gasteiger partial charge in [0.25, 0.3) is 5.56 Å². The molecule has 7 nitrogen and oxygen atoms in total. The maximum Gasteiger partial charge on any atom is 0.277 e. The molecule has 5 rings (SSSR count). The van der Waals surface area contributed by atoms with Gasteiger partial charge in [0.2, 0.25) is 6.41 Å². The van der Waals surface area contributed by atoms with Gasteiger partial charge in [-0.2, -0.15) is 0 Å². The van der Waals surface area contributed by atoms with E-state index in [0.29, 0.717) is 34.9 Å². The number of thioether (sulfide) groups is 1. The first-order chi connectivity index (χ1) is 14.5. The highest BCUT2D eigenvalue weighted by Crippen LogP contribution is 2.42. The van der Waals surface area contributed by atoms with Gasteiger partial charge >= 0.3 is 0 Å². The van der Waals surface area contributed by atoms with Gasteiger partial charge in [0.05, 0.1) is 11.4 Å². The first kappa shape index (κ1) is 20.5. The fourth-order valence-corrected chi connectivity index (χ4v) is 3.84. The summed E-state index contributed by atoms with van der Waals surface area (Å²) in [5.74, 6) is 2.14. The van der Waals surface area contributed by atoms with Crippen molar-refractivity contribution in [3.05, 3.63) is 40.2 Å². The van der Waals surface area contributed by atoms with Gasteiger partial charge in [-0.15, -0.1) is 11.8 Å². The van der Waals surface area contributed by atoms with Gasteiger partial charge in [0.15, 0.2) is 5.65 Å². The molecule has 2 heterocycles. The van der Waals surface area contributed by atoms with Crippen molar-refractivity contribution in [3.63, 3.8) is 0 Å². The van der Waals surface area contributed by atoms with Crippen LogP contribution >= 0.6 is 11.8 Å². The Morgan fingerprint density at radius 1 is 1.20 bits per heavy atom. The Labute approximate surface area is 179 Å². The molecular formula is C22H27N5O2S. The number of anilines is 3. The van der Waals surface area contributed by atoms with E-state index < -0.39 is 0 Å². The number of hydrogen-bond donors (Lipinski definition) is 3. The van der Waals surface area contributed by atoms with E-state index in [2.05, 4.69) is 45.8 Å². The minimum atomic E-state index is -0.173. The second-order valence-corrected chi connectivity index (χ2v) is 8.91. The van der Waals surface area contributed by atoms with Crippen LogP contribution in [-0.4, -0.2) is 27.4 Å². The van der Waals surface area contributed by atoms with Crippen LogP contribution in [0, 0.1) is 5.92 Å². The number of aromatic amines is 1. The van der Waals surface area contributed by atoms with Gasteiger partial charge in [-0.25, -0.2) is 4.98 Å². The minimum absolute atomic E-state index is 0.173. The fourth-order valence-electron chi connectivity index (χ4n) is 3.25. The number of carbonyl (C=O) groups excluding carboxylic acids is 1. The Hall–Kier alpha value is -2.74. The molecular weight excluding hydrogens is 398 g/mol. The molecule has 0 radical (unpaired) electrons. The maximum atomic E-state index is 12.5. The molecule has 0 unspecified atom stereocenters. The zero-order chi connectivity index (χ0) is 21.3. The lowest BCUT2D eigenvalue weighted by atomic mass is 10.1. The Kier molecular flexibility index (Phi) is 5.85. The summed E-state index contributed by atoms with van der Waals surface area (Å²) >= 11 is 1.66. The zero-order valence-corrected chi connectivity index (χ0v) is 18.3. The molecule has 0 bridgehead atoms. The quantitative estimate of drug-likeness (QED) is 0.397. The summed E-state index contributed by atoms with van der Waals surface area (Å²) in [5.41, 5.74) is 3.14. The Balaban J connectivity index is 0.000000489. The molecule has 2 aromatic heterocycles. The van der Waals surface area contributed by atoms with Crippen LogP contribution in [0.2, 0.25) is 0 Å². The first-order valence-corrected chi connectivity index (χ1v) is 11.5. The second-order valence-electron chi connectivity index (χ2n) is 8.06. The first-order valence-electron chi connectivity index (χ1n) is 10.2. The molecule has 0 saturated heterocycles. The van der Waals surface area contributed by atoms with Crippen LogP contribution in [0.1, 0.15) is 44.1 Å². The highest BCUT2D eigenvalue weighted by molar-refractivity contribution is 7.98. The summed E-state index contributed by atoms with van der Waals surface area (Å²) in [7, 11) is 1.64. The van der Waals surface area contributed by atoms with Crippen LogP contribution in [0.4, 0.5) is 17.2 Å². The van der Waals surface area contributed by atoms with Crippen LogP contribution in [0.25, 0.3) is 11.0 Å². The topological polar surface area (TPSA) is 91.8 Å². The molecule has 158 valence electrons. The number of nitrogens with zero attached hydrogens (tertiary/aromatic N) is 2. The number of aromatic nitrogens is 3. The van der Waals surface area contributed by atoms with Crippen LogP contribution in [-0.2, 0) is 11.8 Å². The molecule has 3 aromatic rings. The third kappa shape index (κ3) is 4.53. The lowest BCUT2D eigenvalue weighted by Gasteiger charge is -2.13. The average molecular weight is 426 g/mol. The molecule has 1 amide bonds. The van der Waals surface area contributed by atoms with Crippen molar-refractivity contribution in [1.82, 2.24) is 14.8 Å². The lowest BCUT2D eigenvalue weighted by molar-refractivity contribution is -0.105. The molecule has 0 aliphatic heterocycles. The van der Waals surface area contributed by atoms with E-state index in [-0.39, 0.29) is 5.56 Å². The summed E-state index contributed by atoms with van der Waals surface area (Å²) in [5, 5.41) is 9.27. The number of H-pyrrole nitrogens is 1. The Bertz CT molecular complexity index is 1130. The molecule has 30 heavy (non-hydrogen) atoms. The molecule has 0 spiro atoms. The van der Waals surface area contributed by atoms with Crippen molar-refractivity contribution in [3.8, 4) is 0 Å². The minimum Gasteiger partial charge on any atom is -0.354 e. The third-order valence-electron chi connectivity index (χ3n) is 5.43. The van der Waals surface area contributed by atoms with Gasteiger partial charge < -0.3 is 10.6 Å². The number of fused-ring (bicyclic) bond motifs is 1. The Morgan fingerprint density at radius 2 is 1.93 bits per heavy atom. The molecule has 2 saturated carbocycles. The lowest BCUT2D eigenvalue weighted by Crippen LogP contribution is -2.12. The summed E-state index contributed by atoms with van der Waals surface area (Å²) in [6.07, 6.45) is 8.09. The van der Waals surface area contributed by atoms with E-state index in [0.717, 1.165) is 16.5 Å². The van der Waals surface area contributed by atoms with Gasteiger partial charge in [0.1, 0.15) is 11.2 Å². The van der Waals surface area contributed by atoms with Crippen molar-refractivity contribution >= 4 is 46.4 Å². The van der Waals surface area contributed by atoms with Crippen LogP contribution in [0.3, 0.4) is 0 Å². The summed E-state index contributed by atoms with van der Waals surface area (Å²) in [6, 6.07) is 8.07. The van der Waals surface area contributed by atoms with E-state index >= 15 is 0 Å². The number of amides is 1. The molecule has 2 aliphatic rings. The number of aryl methyl sites for hydroxylation is 1. The van der Waals surface area contributed by atoms with E-state index in [1.165, 1.54) is 35.9 Å². The van der Waals surface area contributed by atoms with E-state index in [9.17, 15) is 9.59 Å². The standard InChI is InChI=1S/C18H19N5O2S.C4H8/c1-23-18(25)16-13(8-15(19-9-24)21-17(16)22-23)20-12-6-5-11(10-3-4-10)7-14(12)26-2;1-4-2-3-4/h5-10H,3-4H2,1-2H3,(H3,19,20,21,22,24);4H,2-3H2,1H3. The van der Waals surface area contributed by atoms with Crippen molar-refractivity contribution in [1.29, 1.82) is 0 Å². The Morgan fingerprint density at radius 3 is 2.53 bits per heavy atom. The van der Waals surface area contributed by atoms with Crippen LogP contribution in [0.15, 0.2) is 34.0 Å². The number of carbonyl (C=O) groups is 1. The van der Waals surface area contributed by atoms with Crippen LogP contribution < -0.4 is 16.2 Å². The summed E-state index contributed by atoms with van der Waals surface area (Å²) < 4.78 is 1.37. The monoisotopic (exact) mass is 425 g/mol. The summed E-state index contributed by atoms with van der Waals surface area (Å²) in [4.78, 5) is 28.7. The van der Waals surface area contributed by atoms with Crippen molar-refractivity contribution in [2.24, 2.45) is 13.0 Å². The van der Waals surface area contributed by atoms with Gasteiger partial charge in [-0.05, 0) is 48.6 Å². The highest BCUT2D eigenvalue weighted by Gasteiger charge is 2.24. The highest BCUT2D eigenvalue weighted by atomic mass is 32.2. The van der Waals surface area contributed by atoms with E-state index in [4.69, 9.17) is 0 Å². The van der Waals surface area contributed by atoms with Gasteiger partial charge in [0, 0.05) is 18.0 Å². The number of pyridine rings is 1. The molecule has 3 N–H and O–H groups in total. The second kappa shape index (κ2) is 8.55. The molecule has 2 fully saturated rings. The number of hydrogen-bond acceptors (Lipinski definition) is 5. The van der Waals surface area contributed by atoms with Crippen LogP contribution in [0.5, 0.6) is 0 Å². The molecule has 2 aliphatic carbocycles. The van der Waals surface area contributed by atoms with E-state index in [1.54, 1.807) is 24.9 Å². The molecule has 8 heteroatoms. The van der Waals surface area contributed by atoms with Crippen molar-refractivity contribution in [2.75, 3.05) is 16.9 Å². The van der Waals surface area contributed by atoms with E-state index in [1.807, 2.05) is 6.26 Å². The normalized spacial score (nSPS) is 15.4. The SMILES string of the molecule is CC1CC1.CSc1cc(C2CC2)ccc1Nc1cc(NC=O)nc2[nH]n(C)c(=O)c12. The summed E-state index contributed by atoms with van der Waals surface area (Å²) in [6.45, 7) is 2.28. The van der Waals surface area contributed by atoms with Crippen molar-refractivity contribution in [2.45, 2.75) is 43.4 Å². The van der Waals surface area contributed by atoms with Crippen molar-refractivity contribution < 1.29 is 4.79 Å².